The molecule has 1 unspecified atom stereocenters. The lowest BCUT2D eigenvalue weighted by molar-refractivity contribution is -0.148. The van der Waals surface area contributed by atoms with Gasteiger partial charge >= 0.3 is 5.97 Å². The first-order valence-electron chi connectivity index (χ1n) is 5.40. The Morgan fingerprint density at radius 3 is 2.62 bits per heavy atom. The summed E-state index contributed by atoms with van der Waals surface area (Å²) >= 11 is 0. The Hall–Kier alpha value is -1.52. The van der Waals surface area contributed by atoms with Crippen molar-refractivity contribution < 1.29 is 9.53 Å². The van der Waals surface area contributed by atoms with Gasteiger partial charge in [0.15, 0.2) is 0 Å². The van der Waals surface area contributed by atoms with Gasteiger partial charge in [-0.25, -0.2) is 4.79 Å². The highest BCUT2D eigenvalue weighted by Gasteiger charge is 2.19. The van der Waals surface area contributed by atoms with Gasteiger partial charge in [0.2, 0.25) is 0 Å². The summed E-state index contributed by atoms with van der Waals surface area (Å²) in [5, 5.41) is 4.05. The third kappa shape index (κ3) is 2.98. The molecule has 5 nitrogen and oxygen atoms in total. The van der Waals surface area contributed by atoms with Gasteiger partial charge in [-0.2, -0.15) is 5.10 Å². The van der Waals surface area contributed by atoms with Crippen molar-refractivity contribution in [3.63, 3.8) is 0 Å². The second-order valence-electron chi connectivity index (χ2n) is 4.36. The molecule has 0 radical (unpaired) electrons. The lowest BCUT2D eigenvalue weighted by Gasteiger charge is -2.14. The molecule has 5 heteroatoms. The number of rotatable bonds is 4. The van der Waals surface area contributed by atoms with Crippen molar-refractivity contribution >= 4 is 11.8 Å². The predicted octanol–water partition coefficient (Wildman–Crippen LogP) is 1.53. The topological polar surface area (TPSA) is 70.1 Å². The quantitative estimate of drug-likeness (QED) is 0.789. The molecule has 90 valence electrons. The van der Waals surface area contributed by atoms with E-state index in [0.717, 1.165) is 5.69 Å². The zero-order valence-electron chi connectivity index (χ0n) is 10.2. The van der Waals surface area contributed by atoms with Crippen molar-refractivity contribution in [2.24, 2.45) is 5.92 Å². The Kier molecular flexibility index (Phi) is 3.93. The second kappa shape index (κ2) is 5.01. The molecule has 0 amide bonds. The van der Waals surface area contributed by atoms with Crippen LogP contribution in [-0.2, 0) is 9.53 Å². The zero-order chi connectivity index (χ0) is 12.3. The Bertz CT molecular complexity index is 371. The molecule has 0 aromatic carbocycles. The Balaban J connectivity index is 2.67. The standard InChI is InChI=1S/C11H19N3O2/c1-7(2)6-16-11(15)9(4)14-8(3)5-10(12)13-14/h5,7,9H,6H2,1-4H3,(H2,12,13). The molecule has 1 aromatic rings. The van der Waals surface area contributed by atoms with Gasteiger partial charge in [0.1, 0.15) is 11.9 Å². The number of aryl methyl sites for hydroxylation is 1. The van der Waals surface area contributed by atoms with Crippen molar-refractivity contribution in [1.29, 1.82) is 0 Å². The van der Waals surface area contributed by atoms with Crippen LogP contribution in [0.25, 0.3) is 0 Å². The predicted molar refractivity (Wildman–Crippen MR) is 61.9 cm³/mol. The van der Waals surface area contributed by atoms with Crippen LogP contribution in [0.5, 0.6) is 0 Å². The number of nitrogen functional groups attached to an aromatic ring is 1. The van der Waals surface area contributed by atoms with Gasteiger partial charge in [-0.05, 0) is 19.8 Å². The molecule has 16 heavy (non-hydrogen) atoms. The lowest BCUT2D eigenvalue weighted by Crippen LogP contribution is -2.22. The van der Waals surface area contributed by atoms with Crippen molar-refractivity contribution in [1.82, 2.24) is 9.78 Å². The van der Waals surface area contributed by atoms with E-state index in [-0.39, 0.29) is 5.97 Å². The van der Waals surface area contributed by atoms with Gasteiger partial charge in [-0.1, -0.05) is 13.8 Å². The zero-order valence-corrected chi connectivity index (χ0v) is 10.2. The summed E-state index contributed by atoms with van der Waals surface area (Å²) in [4.78, 5) is 11.7. The molecule has 0 bridgehead atoms. The highest BCUT2D eigenvalue weighted by Crippen LogP contribution is 2.13. The van der Waals surface area contributed by atoms with Crippen LogP contribution in [0.3, 0.4) is 0 Å². The maximum Gasteiger partial charge on any atom is 0.330 e. The second-order valence-corrected chi connectivity index (χ2v) is 4.36. The highest BCUT2D eigenvalue weighted by atomic mass is 16.5. The molecule has 0 aliphatic heterocycles. The summed E-state index contributed by atoms with van der Waals surface area (Å²) in [6.45, 7) is 8.03. The number of hydrogen-bond acceptors (Lipinski definition) is 4. The normalized spacial score (nSPS) is 12.8. The van der Waals surface area contributed by atoms with E-state index in [1.54, 1.807) is 17.7 Å². The van der Waals surface area contributed by atoms with Crippen molar-refractivity contribution in [3.05, 3.63) is 11.8 Å². The van der Waals surface area contributed by atoms with E-state index in [9.17, 15) is 4.79 Å². The molecule has 0 aliphatic rings. The molecule has 0 aliphatic carbocycles. The number of hydrogen-bond donors (Lipinski definition) is 1. The average Bonchev–Trinajstić information content (AvgIpc) is 2.53. The summed E-state index contributed by atoms with van der Waals surface area (Å²) in [5.74, 6) is 0.473. The van der Waals surface area contributed by atoms with E-state index in [0.29, 0.717) is 18.3 Å². The molecule has 1 atom stereocenters. The lowest BCUT2D eigenvalue weighted by atomic mass is 10.2. The fraction of sp³-hybridized carbons (Fsp3) is 0.636. The summed E-state index contributed by atoms with van der Waals surface area (Å²) < 4.78 is 6.72. The summed E-state index contributed by atoms with van der Waals surface area (Å²) in [7, 11) is 0. The van der Waals surface area contributed by atoms with Crippen molar-refractivity contribution in [2.45, 2.75) is 33.7 Å². The molecule has 0 saturated carbocycles. The maximum absolute atomic E-state index is 11.7. The van der Waals surface area contributed by atoms with Crippen LogP contribution in [0.4, 0.5) is 5.82 Å². The molecule has 1 aromatic heterocycles. The Morgan fingerprint density at radius 1 is 1.56 bits per heavy atom. The Morgan fingerprint density at radius 2 is 2.19 bits per heavy atom. The van der Waals surface area contributed by atoms with E-state index >= 15 is 0 Å². The molecule has 2 N–H and O–H groups in total. The third-order valence-electron chi connectivity index (χ3n) is 2.21. The van der Waals surface area contributed by atoms with Crippen LogP contribution < -0.4 is 5.73 Å². The fourth-order valence-corrected chi connectivity index (χ4v) is 1.37. The van der Waals surface area contributed by atoms with Gasteiger partial charge < -0.3 is 10.5 Å². The number of ether oxygens (including phenoxy) is 1. The van der Waals surface area contributed by atoms with Crippen LogP contribution in [0.15, 0.2) is 6.07 Å². The summed E-state index contributed by atoms with van der Waals surface area (Å²) in [5.41, 5.74) is 6.41. The first-order chi connectivity index (χ1) is 7.41. The van der Waals surface area contributed by atoms with E-state index in [1.807, 2.05) is 20.8 Å². The number of esters is 1. The van der Waals surface area contributed by atoms with Gasteiger partial charge in [-0.15, -0.1) is 0 Å². The molecule has 1 heterocycles. The molecule has 1 rings (SSSR count). The number of carbonyl (C=O) groups is 1. The number of carbonyl (C=O) groups excluding carboxylic acids is 1. The minimum atomic E-state index is -0.434. The number of nitrogens with zero attached hydrogens (tertiary/aromatic N) is 2. The molecular formula is C11H19N3O2. The van der Waals surface area contributed by atoms with Crippen LogP contribution >= 0.6 is 0 Å². The monoisotopic (exact) mass is 225 g/mol. The van der Waals surface area contributed by atoms with Crippen molar-refractivity contribution in [3.8, 4) is 0 Å². The molecular weight excluding hydrogens is 206 g/mol. The van der Waals surface area contributed by atoms with Gasteiger partial charge in [0, 0.05) is 11.8 Å². The van der Waals surface area contributed by atoms with Crippen LogP contribution in [0, 0.1) is 12.8 Å². The molecule has 0 spiro atoms. The fourth-order valence-electron chi connectivity index (χ4n) is 1.37. The number of aromatic nitrogens is 2. The van der Waals surface area contributed by atoms with Gasteiger partial charge in [-0.3, -0.25) is 4.68 Å². The molecule has 0 saturated heterocycles. The van der Waals surface area contributed by atoms with E-state index < -0.39 is 6.04 Å². The SMILES string of the molecule is Cc1cc(N)nn1C(C)C(=O)OCC(C)C. The number of nitrogens with two attached hydrogens (primary N) is 1. The first kappa shape index (κ1) is 12.5. The van der Waals surface area contributed by atoms with E-state index in [1.165, 1.54) is 0 Å². The highest BCUT2D eigenvalue weighted by molar-refractivity contribution is 5.73. The smallest absolute Gasteiger partial charge is 0.330 e. The minimum Gasteiger partial charge on any atom is -0.464 e. The minimum absolute atomic E-state index is 0.278. The number of anilines is 1. The summed E-state index contributed by atoms with van der Waals surface area (Å²) in [6.07, 6.45) is 0. The largest absolute Gasteiger partial charge is 0.464 e. The van der Waals surface area contributed by atoms with E-state index in [2.05, 4.69) is 5.10 Å². The van der Waals surface area contributed by atoms with Crippen LogP contribution in [-0.4, -0.2) is 22.4 Å². The van der Waals surface area contributed by atoms with Gasteiger partial charge in [0.25, 0.3) is 0 Å². The first-order valence-corrected chi connectivity index (χ1v) is 5.40. The van der Waals surface area contributed by atoms with Crippen LogP contribution in [0.2, 0.25) is 0 Å². The van der Waals surface area contributed by atoms with Crippen molar-refractivity contribution in [2.75, 3.05) is 12.3 Å². The Labute approximate surface area is 95.6 Å². The van der Waals surface area contributed by atoms with E-state index in [4.69, 9.17) is 10.5 Å². The van der Waals surface area contributed by atoms with Gasteiger partial charge in [0.05, 0.1) is 6.61 Å². The average molecular weight is 225 g/mol. The maximum atomic E-state index is 11.7. The molecule has 0 fully saturated rings. The third-order valence-corrected chi connectivity index (χ3v) is 2.21. The summed E-state index contributed by atoms with van der Waals surface area (Å²) in [6, 6.07) is 1.29. The van der Waals surface area contributed by atoms with Crippen LogP contribution in [0.1, 0.15) is 32.5 Å².